The fourth-order valence-electron chi connectivity index (χ4n) is 1.90. The van der Waals surface area contributed by atoms with Crippen molar-refractivity contribution in [3.05, 3.63) is 18.0 Å². The number of nitrogens with one attached hydrogen (secondary N) is 1. The Labute approximate surface area is 122 Å². The highest BCUT2D eigenvalue weighted by Crippen LogP contribution is 2.37. The van der Waals surface area contributed by atoms with Crippen LogP contribution in [0.3, 0.4) is 0 Å². The van der Waals surface area contributed by atoms with E-state index in [1.165, 1.54) is 12.3 Å². The topological polar surface area (TPSA) is 77.4 Å². The minimum Gasteiger partial charge on any atom is -0.380 e. The van der Waals surface area contributed by atoms with Gasteiger partial charge in [0.1, 0.15) is 10.6 Å². The fraction of sp³-hybridized carbons (Fsp3) is 0.583. The number of carbonyl (C=O) groups excluding carboxylic acids is 1. The summed E-state index contributed by atoms with van der Waals surface area (Å²) in [7, 11) is 1.50. The van der Waals surface area contributed by atoms with Crippen molar-refractivity contribution in [3.63, 3.8) is 0 Å². The lowest BCUT2D eigenvalue weighted by molar-refractivity contribution is 0.0913. The zero-order valence-corrected chi connectivity index (χ0v) is 12.7. The molecule has 0 radical (unpaired) electrons. The van der Waals surface area contributed by atoms with E-state index in [1.54, 1.807) is 4.57 Å². The van der Waals surface area contributed by atoms with Crippen LogP contribution in [-0.4, -0.2) is 38.7 Å². The summed E-state index contributed by atoms with van der Waals surface area (Å²) in [6.07, 6.45) is 3.31. The lowest BCUT2D eigenvalue weighted by Gasteiger charge is -2.08. The van der Waals surface area contributed by atoms with E-state index in [2.05, 4.69) is 5.32 Å². The summed E-state index contributed by atoms with van der Waals surface area (Å²) in [5, 5.41) is 2.70. The summed E-state index contributed by atoms with van der Waals surface area (Å²) in [6.45, 7) is 3.26. The van der Waals surface area contributed by atoms with Crippen molar-refractivity contribution < 1.29 is 17.9 Å². The van der Waals surface area contributed by atoms with Gasteiger partial charge in [-0.3, -0.25) is 4.79 Å². The third-order valence-corrected chi connectivity index (χ3v) is 4.33. The van der Waals surface area contributed by atoms with Gasteiger partial charge in [0.05, 0.1) is 6.61 Å². The van der Waals surface area contributed by atoms with Gasteiger partial charge in [0, 0.05) is 36.1 Å². The minimum absolute atomic E-state index is 0.0407. The van der Waals surface area contributed by atoms with Crippen molar-refractivity contribution in [3.8, 4) is 0 Å². The maximum Gasteiger partial charge on any atom is 0.268 e. The molecule has 1 amide bonds. The van der Waals surface area contributed by atoms with Crippen LogP contribution in [0.25, 0.3) is 0 Å². The first-order valence-electron chi connectivity index (χ1n) is 6.46. The molecule has 0 atom stereocenters. The smallest absolute Gasteiger partial charge is 0.268 e. The summed E-state index contributed by atoms with van der Waals surface area (Å²) in [5.41, 5.74) is 0.322. The molecule has 0 bridgehead atoms. The van der Waals surface area contributed by atoms with Gasteiger partial charge in [0.25, 0.3) is 15.0 Å². The summed E-state index contributed by atoms with van der Waals surface area (Å²) >= 11 is 0. The Bertz CT molecular complexity index is 593. The van der Waals surface area contributed by atoms with Gasteiger partial charge in [-0.1, -0.05) is 0 Å². The summed E-state index contributed by atoms with van der Waals surface area (Å²) < 4.78 is 29.5. The highest BCUT2D eigenvalue weighted by molar-refractivity contribution is 8.13. The number of nitrogens with zero attached hydrogens (tertiary/aromatic N) is 1. The van der Waals surface area contributed by atoms with Gasteiger partial charge < -0.3 is 14.6 Å². The van der Waals surface area contributed by atoms with Crippen LogP contribution in [-0.2, 0) is 13.8 Å². The second-order valence-electron chi connectivity index (χ2n) is 4.59. The van der Waals surface area contributed by atoms with Gasteiger partial charge >= 0.3 is 0 Å². The molecule has 1 saturated carbocycles. The number of ether oxygens (including phenoxy) is 1. The summed E-state index contributed by atoms with van der Waals surface area (Å²) in [5.74, 6) is -0.317. The Morgan fingerprint density at radius 3 is 2.80 bits per heavy atom. The quantitative estimate of drug-likeness (QED) is 0.610. The average molecular weight is 321 g/mol. The van der Waals surface area contributed by atoms with Crippen molar-refractivity contribution in [2.45, 2.75) is 30.7 Å². The lowest BCUT2D eigenvalue weighted by Crippen LogP contribution is -2.29. The van der Waals surface area contributed by atoms with E-state index in [-0.39, 0.29) is 16.8 Å². The number of aromatic nitrogens is 1. The van der Waals surface area contributed by atoms with Crippen molar-refractivity contribution in [1.29, 1.82) is 0 Å². The molecule has 0 aromatic carbocycles. The molecule has 0 saturated heterocycles. The molecule has 2 rings (SSSR count). The first-order chi connectivity index (χ1) is 9.43. The predicted octanol–water partition coefficient (Wildman–Crippen LogP) is 1.52. The maximum absolute atomic E-state index is 12.1. The monoisotopic (exact) mass is 320 g/mol. The van der Waals surface area contributed by atoms with E-state index >= 15 is 0 Å². The van der Waals surface area contributed by atoms with Crippen LogP contribution >= 0.6 is 10.7 Å². The van der Waals surface area contributed by atoms with E-state index in [4.69, 9.17) is 15.4 Å². The SMILES string of the molecule is CCOCCNC(=O)c1cc(S(=O)(=O)Cl)cn1C1CC1. The molecule has 0 spiro atoms. The zero-order valence-electron chi connectivity index (χ0n) is 11.1. The molecule has 1 heterocycles. The molecular formula is C12H17ClN2O4S. The summed E-state index contributed by atoms with van der Waals surface area (Å²) in [4.78, 5) is 12.0. The number of rotatable bonds is 7. The number of hydrogen-bond donors (Lipinski definition) is 1. The number of amides is 1. The van der Waals surface area contributed by atoms with E-state index < -0.39 is 9.05 Å². The van der Waals surface area contributed by atoms with Crippen molar-refractivity contribution in [1.82, 2.24) is 9.88 Å². The number of hydrogen-bond acceptors (Lipinski definition) is 4. The van der Waals surface area contributed by atoms with Crippen LogP contribution in [0.5, 0.6) is 0 Å². The second kappa shape index (κ2) is 6.15. The molecule has 1 N–H and O–H groups in total. The molecule has 1 aliphatic rings. The third kappa shape index (κ3) is 3.74. The molecule has 1 fully saturated rings. The molecule has 20 heavy (non-hydrogen) atoms. The standard InChI is InChI=1S/C12H17ClN2O4S/c1-2-19-6-5-14-12(16)11-7-10(20(13,17)18)8-15(11)9-3-4-9/h7-9H,2-6H2,1H3,(H,14,16). The normalized spacial score (nSPS) is 15.3. The Morgan fingerprint density at radius 2 is 2.25 bits per heavy atom. The number of carbonyl (C=O) groups is 1. The first-order valence-corrected chi connectivity index (χ1v) is 8.77. The van der Waals surface area contributed by atoms with Crippen LogP contribution in [0.2, 0.25) is 0 Å². The molecule has 6 nitrogen and oxygen atoms in total. The third-order valence-electron chi connectivity index (χ3n) is 3.01. The average Bonchev–Trinajstić information content (AvgIpc) is 3.11. The Hall–Kier alpha value is -1.05. The Morgan fingerprint density at radius 1 is 1.55 bits per heavy atom. The summed E-state index contributed by atoms with van der Waals surface area (Å²) in [6, 6.07) is 1.51. The predicted molar refractivity (Wildman–Crippen MR) is 74.6 cm³/mol. The van der Waals surface area contributed by atoms with Crippen LogP contribution in [0.1, 0.15) is 36.3 Å². The van der Waals surface area contributed by atoms with Crippen LogP contribution in [0.15, 0.2) is 17.2 Å². The van der Waals surface area contributed by atoms with Crippen molar-refractivity contribution >= 4 is 25.6 Å². The molecule has 112 valence electrons. The van der Waals surface area contributed by atoms with Crippen molar-refractivity contribution in [2.75, 3.05) is 19.8 Å². The first kappa shape index (κ1) is 15.3. The minimum atomic E-state index is -3.83. The maximum atomic E-state index is 12.1. The lowest BCUT2D eigenvalue weighted by atomic mass is 10.4. The molecule has 0 unspecified atom stereocenters. The highest BCUT2D eigenvalue weighted by atomic mass is 35.7. The number of halogens is 1. The van der Waals surface area contributed by atoms with Gasteiger partial charge in [-0.25, -0.2) is 8.42 Å². The van der Waals surface area contributed by atoms with E-state index in [9.17, 15) is 13.2 Å². The Kier molecular flexibility index (Phi) is 4.72. The highest BCUT2D eigenvalue weighted by Gasteiger charge is 2.29. The van der Waals surface area contributed by atoms with Gasteiger partial charge in [0.15, 0.2) is 0 Å². The van der Waals surface area contributed by atoms with Gasteiger partial charge in [-0.15, -0.1) is 0 Å². The molecule has 1 aromatic heterocycles. The molecule has 0 aliphatic heterocycles. The van der Waals surface area contributed by atoms with E-state index in [0.29, 0.717) is 25.5 Å². The molecule has 1 aliphatic carbocycles. The molecule has 1 aromatic rings. The van der Waals surface area contributed by atoms with Crippen LogP contribution in [0.4, 0.5) is 0 Å². The van der Waals surface area contributed by atoms with Crippen LogP contribution in [0, 0.1) is 0 Å². The van der Waals surface area contributed by atoms with E-state index in [1.807, 2.05) is 6.92 Å². The van der Waals surface area contributed by atoms with Gasteiger partial charge in [-0.2, -0.15) is 0 Å². The molecular weight excluding hydrogens is 304 g/mol. The van der Waals surface area contributed by atoms with Gasteiger partial charge in [-0.05, 0) is 25.8 Å². The molecule has 8 heteroatoms. The van der Waals surface area contributed by atoms with E-state index in [0.717, 1.165) is 12.8 Å². The van der Waals surface area contributed by atoms with Crippen molar-refractivity contribution in [2.24, 2.45) is 0 Å². The van der Waals surface area contributed by atoms with Gasteiger partial charge in [0.2, 0.25) is 0 Å². The zero-order chi connectivity index (χ0) is 14.8. The second-order valence-corrected chi connectivity index (χ2v) is 7.16. The Balaban J connectivity index is 2.13. The van der Waals surface area contributed by atoms with Crippen LogP contribution < -0.4 is 5.32 Å². The fourth-order valence-corrected chi connectivity index (χ4v) is 2.64. The largest absolute Gasteiger partial charge is 0.380 e.